The standard InChI is InChI=1S/C20H18ClFN4O/c1-14-13-25(20-16(11-23)10-18(22)12-24-20)7-8-26(14)19(27)6-5-15-3-2-4-17(21)9-15/h2-6,9-10,12,14H,7-8,13H2,1H3/b6-5+/t14-/m1/s1. The monoisotopic (exact) mass is 384 g/mol. The molecule has 1 aliphatic heterocycles. The van der Waals surface area contributed by atoms with Crippen molar-refractivity contribution in [1.82, 2.24) is 9.88 Å². The minimum atomic E-state index is -0.539. The van der Waals surface area contributed by atoms with E-state index in [0.717, 1.165) is 11.8 Å². The molecule has 0 radical (unpaired) electrons. The molecule has 5 nitrogen and oxygen atoms in total. The van der Waals surface area contributed by atoms with Gasteiger partial charge in [-0.15, -0.1) is 0 Å². The third-order valence-electron chi connectivity index (χ3n) is 4.43. The second-order valence-corrected chi connectivity index (χ2v) is 6.79. The molecule has 1 aliphatic rings. The van der Waals surface area contributed by atoms with Gasteiger partial charge >= 0.3 is 0 Å². The lowest BCUT2D eigenvalue weighted by atomic mass is 10.1. The van der Waals surface area contributed by atoms with E-state index in [1.165, 1.54) is 12.1 Å². The molecule has 27 heavy (non-hydrogen) atoms. The van der Waals surface area contributed by atoms with E-state index < -0.39 is 5.82 Å². The van der Waals surface area contributed by atoms with Crippen LogP contribution in [0.5, 0.6) is 0 Å². The highest BCUT2D eigenvalue weighted by Crippen LogP contribution is 2.22. The summed E-state index contributed by atoms with van der Waals surface area (Å²) in [7, 11) is 0. The summed E-state index contributed by atoms with van der Waals surface area (Å²) in [6.07, 6.45) is 4.38. The van der Waals surface area contributed by atoms with Gasteiger partial charge in [-0.05, 0) is 36.8 Å². The van der Waals surface area contributed by atoms with Gasteiger partial charge < -0.3 is 9.80 Å². The molecule has 0 spiro atoms. The molecule has 1 atom stereocenters. The Morgan fingerprint density at radius 1 is 1.41 bits per heavy atom. The van der Waals surface area contributed by atoms with Gasteiger partial charge in [0.15, 0.2) is 0 Å². The molecule has 1 fully saturated rings. The number of halogens is 2. The first-order valence-electron chi connectivity index (χ1n) is 8.53. The molecule has 0 unspecified atom stereocenters. The van der Waals surface area contributed by atoms with Crippen LogP contribution in [0.4, 0.5) is 10.2 Å². The first-order chi connectivity index (χ1) is 13.0. The van der Waals surface area contributed by atoms with E-state index in [0.29, 0.717) is 30.5 Å². The summed E-state index contributed by atoms with van der Waals surface area (Å²) in [5.41, 5.74) is 1.05. The topological polar surface area (TPSA) is 60.2 Å². The number of rotatable bonds is 3. The van der Waals surface area contributed by atoms with E-state index in [4.69, 9.17) is 11.6 Å². The molecule has 0 bridgehead atoms. The quantitative estimate of drug-likeness (QED) is 0.760. The summed E-state index contributed by atoms with van der Waals surface area (Å²) in [4.78, 5) is 20.3. The molecule has 1 amide bonds. The maximum Gasteiger partial charge on any atom is 0.246 e. The largest absolute Gasteiger partial charge is 0.352 e. The Balaban J connectivity index is 1.68. The average molecular weight is 385 g/mol. The molecule has 0 aliphatic carbocycles. The van der Waals surface area contributed by atoms with Crippen LogP contribution in [0.2, 0.25) is 5.02 Å². The van der Waals surface area contributed by atoms with Crippen molar-refractivity contribution in [3.63, 3.8) is 0 Å². The number of amides is 1. The Bertz CT molecular complexity index is 924. The van der Waals surface area contributed by atoms with Gasteiger partial charge in [0.25, 0.3) is 0 Å². The van der Waals surface area contributed by atoms with Crippen molar-refractivity contribution in [3.05, 3.63) is 64.6 Å². The Kier molecular flexibility index (Phi) is 5.72. The molecule has 3 rings (SSSR count). The average Bonchev–Trinajstić information content (AvgIpc) is 2.66. The number of hydrogen-bond donors (Lipinski definition) is 0. The predicted molar refractivity (Wildman–Crippen MR) is 103 cm³/mol. The molecule has 1 aromatic carbocycles. The Hall–Kier alpha value is -2.91. The van der Waals surface area contributed by atoms with Crippen LogP contribution in [0, 0.1) is 17.1 Å². The third-order valence-corrected chi connectivity index (χ3v) is 4.67. The van der Waals surface area contributed by atoms with E-state index in [1.54, 1.807) is 23.1 Å². The van der Waals surface area contributed by atoms with Crippen molar-refractivity contribution >= 4 is 29.4 Å². The molecular weight excluding hydrogens is 367 g/mol. The first-order valence-corrected chi connectivity index (χ1v) is 8.90. The minimum Gasteiger partial charge on any atom is -0.352 e. The summed E-state index contributed by atoms with van der Waals surface area (Å²) >= 11 is 5.95. The van der Waals surface area contributed by atoms with Crippen molar-refractivity contribution in [1.29, 1.82) is 5.26 Å². The fourth-order valence-electron chi connectivity index (χ4n) is 3.12. The highest BCUT2D eigenvalue weighted by molar-refractivity contribution is 6.30. The first kappa shape index (κ1) is 18.9. The Morgan fingerprint density at radius 2 is 2.22 bits per heavy atom. The molecule has 1 saturated heterocycles. The number of piperazine rings is 1. The zero-order valence-corrected chi connectivity index (χ0v) is 15.5. The van der Waals surface area contributed by atoms with Crippen LogP contribution in [0.15, 0.2) is 42.6 Å². The number of carbonyl (C=O) groups excluding carboxylic acids is 1. The van der Waals surface area contributed by atoms with Gasteiger partial charge in [0.2, 0.25) is 5.91 Å². The van der Waals surface area contributed by atoms with Crippen LogP contribution < -0.4 is 4.90 Å². The third kappa shape index (κ3) is 4.44. The molecular formula is C20H18ClFN4O. The normalized spacial score (nSPS) is 17.2. The Morgan fingerprint density at radius 3 is 2.93 bits per heavy atom. The summed E-state index contributed by atoms with van der Waals surface area (Å²) in [6.45, 7) is 3.47. The van der Waals surface area contributed by atoms with Gasteiger partial charge in [-0.1, -0.05) is 23.7 Å². The van der Waals surface area contributed by atoms with Crippen molar-refractivity contribution in [2.45, 2.75) is 13.0 Å². The smallest absolute Gasteiger partial charge is 0.246 e. The predicted octanol–water partition coefficient (Wildman–Crippen LogP) is 3.50. The highest BCUT2D eigenvalue weighted by atomic mass is 35.5. The van der Waals surface area contributed by atoms with Crippen LogP contribution in [-0.4, -0.2) is 41.5 Å². The summed E-state index contributed by atoms with van der Waals surface area (Å²) in [5, 5.41) is 9.83. The maximum absolute atomic E-state index is 13.3. The van der Waals surface area contributed by atoms with Gasteiger partial charge in [0.05, 0.1) is 11.8 Å². The summed E-state index contributed by atoms with van der Waals surface area (Å²) in [6, 6.07) is 10.4. The van der Waals surface area contributed by atoms with Gasteiger partial charge in [-0.2, -0.15) is 5.26 Å². The summed E-state index contributed by atoms with van der Waals surface area (Å²) in [5.74, 6) is -0.176. The zero-order valence-electron chi connectivity index (χ0n) is 14.8. The molecule has 7 heteroatoms. The molecule has 1 aromatic heterocycles. The van der Waals surface area contributed by atoms with Crippen LogP contribution in [-0.2, 0) is 4.79 Å². The van der Waals surface area contributed by atoms with E-state index in [2.05, 4.69) is 4.98 Å². The van der Waals surface area contributed by atoms with Gasteiger partial charge in [-0.25, -0.2) is 9.37 Å². The lowest BCUT2D eigenvalue weighted by Gasteiger charge is -2.40. The van der Waals surface area contributed by atoms with Crippen LogP contribution in [0.25, 0.3) is 6.08 Å². The number of aromatic nitrogens is 1. The van der Waals surface area contributed by atoms with E-state index in [-0.39, 0.29) is 17.5 Å². The molecule has 2 aromatic rings. The fourth-order valence-corrected chi connectivity index (χ4v) is 3.32. The van der Waals surface area contributed by atoms with E-state index in [9.17, 15) is 14.4 Å². The van der Waals surface area contributed by atoms with Crippen molar-refractivity contribution < 1.29 is 9.18 Å². The second-order valence-electron chi connectivity index (χ2n) is 6.35. The number of carbonyl (C=O) groups is 1. The highest BCUT2D eigenvalue weighted by Gasteiger charge is 2.28. The number of nitriles is 1. The number of pyridine rings is 1. The molecule has 138 valence electrons. The van der Waals surface area contributed by atoms with Crippen LogP contribution in [0.1, 0.15) is 18.1 Å². The van der Waals surface area contributed by atoms with Crippen molar-refractivity contribution in [2.75, 3.05) is 24.5 Å². The SMILES string of the molecule is C[C@@H]1CN(c2ncc(F)cc2C#N)CCN1C(=O)/C=C/c1cccc(Cl)c1. The number of hydrogen-bond acceptors (Lipinski definition) is 4. The van der Waals surface area contributed by atoms with E-state index in [1.807, 2.05) is 30.0 Å². The fraction of sp³-hybridized carbons (Fsp3) is 0.250. The Labute approximate surface area is 162 Å². The molecule has 0 N–H and O–H groups in total. The molecule has 2 heterocycles. The number of nitrogens with zero attached hydrogens (tertiary/aromatic N) is 4. The van der Waals surface area contributed by atoms with Crippen molar-refractivity contribution in [3.8, 4) is 6.07 Å². The van der Waals surface area contributed by atoms with Gasteiger partial charge in [0.1, 0.15) is 17.7 Å². The van der Waals surface area contributed by atoms with Gasteiger partial charge in [-0.3, -0.25) is 4.79 Å². The van der Waals surface area contributed by atoms with Gasteiger partial charge in [0, 0.05) is 36.8 Å². The van der Waals surface area contributed by atoms with Crippen LogP contribution >= 0.6 is 11.6 Å². The summed E-state index contributed by atoms with van der Waals surface area (Å²) < 4.78 is 13.3. The van der Waals surface area contributed by atoms with Crippen molar-refractivity contribution in [2.24, 2.45) is 0 Å². The molecule has 0 saturated carbocycles. The zero-order chi connectivity index (χ0) is 19.4. The number of benzene rings is 1. The maximum atomic E-state index is 13.3. The lowest BCUT2D eigenvalue weighted by Crippen LogP contribution is -2.54. The lowest BCUT2D eigenvalue weighted by molar-refractivity contribution is -0.128. The van der Waals surface area contributed by atoms with Crippen LogP contribution in [0.3, 0.4) is 0 Å². The minimum absolute atomic E-state index is 0.0753. The van der Waals surface area contributed by atoms with E-state index >= 15 is 0 Å². The number of anilines is 1. The second kappa shape index (κ2) is 8.19.